The van der Waals surface area contributed by atoms with Crippen LogP contribution >= 0.6 is 0 Å². The molecule has 4 aliphatic rings. The summed E-state index contributed by atoms with van der Waals surface area (Å²) < 4.78 is 12.4. The molecule has 1 fully saturated rings. The normalized spacial score (nSPS) is 14.3. The maximum atomic E-state index is 13.0. The second-order valence-electron chi connectivity index (χ2n) is 20.5. The third kappa shape index (κ3) is 12.9. The third-order valence-electron chi connectivity index (χ3n) is 14.3. The summed E-state index contributed by atoms with van der Waals surface area (Å²) in [4.78, 5) is 102. The van der Waals surface area contributed by atoms with E-state index in [9.17, 15) is 48.6 Å². The molecular weight excluding hydrogens is 1100 g/mol. The van der Waals surface area contributed by atoms with Crippen molar-refractivity contribution in [3.63, 3.8) is 0 Å². The van der Waals surface area contributed by atoms with Crippen LogP contribution in [0, 0.1) is 13.8 Å². The molecule has 0 bridgehead atoms. The minimum Gasteiger partial charge on any atom is -0.478 e. The molecule has 7 aromatic rings. The lowest BCUT2D eigenvalue weighted by Gasteiger charge is -2.30. The molecule has 1 unspecified atom stereocenters. The molecule has 1 atom stereocenters. The van der Waals surface area contributed by atoms with Crippen LogP contribution in [-0.4, -0.2) is 98.1 Å². The number of fused-ring (bicyclic) bond motifs is 4. The van der Waals surface area contributed by atoms with Crippen LogP contribution in [0.5, 0.6) is 17.2 Å². The van der Waals surface area contributed by atoms with Crippen molar-refractivity contribution in [2.75, 3.05) is 14.1 Å². The van der Waals surface area contributed by atoms with Crippen molar-refractivity contribution in [1.82, 2.24) is 15.3 Å². The first-order valence-electron chi connectivity index (χ1n) is 26.8. The van der Waals surface area contributed by atoms with Gasteiger partial charge in [0.25, 0.3) is 17.7 Å². The summed E-state index contributed by atoms with van der Waals surface area (Å²) in [5.74, 6) is -4.63. The maximum Gasteiger partial charge on any atom is 0.363 e. The molecule has 0 spiro atoms. The molecule has 3 aliphatic heterocycles. The van der Waals surface area contributed by atoms with Crippen molar-refractivity contribution in [2.24, 2.45) is 5.73 Å². The van der Waals surface area contributed by atoms with Crippen LogP contribution in [0.2, 0.25) is 0 Å². The Hall–Kier alpha value is -11.0. The Labute approximate surface area is 492 Å². The van der Waals surface area contributed by atoms with Gasteiger partial charge in [0.2, 0.25) is 0 Å². The van der Waals surface area contributed by atoms with Crippen LogP contribution in [0.25, 0.3) is 17.7 Å². The van der Waals surface area contributed by atoms with Crippen molar-refractivity contribution >= 4 is 65.3 Å². The fourth-order valence-corrected chi connectivity index (χ4v) is 9.77. The van der Waals surface area contributed by atoms with E-state index >= 15 is 0 Å². The summed E-state index contributed by atoms with van der Waals surface area (Å²) in [5.41, 5.74) is 13.8. The lowest BCUT2D eigenvalue weighted by Crippen LogP contribution is -2.32. The number of nitrogens with zero attached hydrogens (tertiary/aromatic N) is 2. The summed E-state index contributed by atoms with van der Waals surface area (Å²) in [6.45, 7) is 8.44. The Morgan fingerprint density at radius 1 is 0.605 bits per heavy atom. The maximum absolute atomic E-state index is 13.0. The molecule has 19 heteroatoms. The number of carboxylic acid groups (broad SMARTS) is 4. The van der Waals surface area contributed by atoms with Gasteiger partial charge in [0, 0.05) is 70.6 Å². The van der Waals surface area contributed by atoms with E-state index in [1.54, 1.807) is 60.7 Å². The standard InChI is InChI=1S/C32H28N2O6.C27H19NO7.C8H9NO2/c1-18-4-11-24-27(14-18)40-28-16-22(34(2)3)10-13-25(28)29(24)23-12-9-21(15-26(23)32(38)39)30(35)33-17-19-5-7-20(8-6-19)31(36)37;1-14-3-6-18-21(11-14)34-22-12-15(2)4-7-19(22)25(18)17-8-5-16(13-20(17)26(31)32)27(33)35-28-23(29)9-10-24(28)30;9-5-6-1-3-7(4-2-6)8(10)11/h4-16,22H,17H2,1-3H3,(H,33,35)(H,36,37)(H,38,39);3-8,11-13H,1,9-10H2,2H3,(H,31,32);1-4H,5,9H2,(H,10,11). The number of nitrogens with two attached hydrogens (primary N) is 1. The number of carboxylic acids is 4. The van der Waals surface area contributed by atoms with Gasteiger partial charge in [0.05, 0.1) is 27.8 Å². The number of ether oxygens (including phenoxy) is 2. The molecule has 0 saturated carbocycles. The number of rotatable bonds is 13. The summed E-state index contributed by atoms with van der Waals surface area (Å²) in [7, 11) is 3.94. The van der Waals surface area contributed by atoms with Crippen LogP contribution in [0.3, 0.4) is 0 Å². The van der Waals surface area contributed by atoms with Gasteiger partial charge in [-0.05, 0) is 139 Å². The Morgan fingerprint density at radius 2 is 1.12 bits per heavy atom. The van der Waals surface area contributed by atoms with Crippen LogP contribution in [0.1, 0.15) is 119 Å². The number of hydrogen-bond donors (Lipinski definition) is 6. The molecule has 0 aromatic heterocycles. The Bertz CT molecular complexity index is 4180. The van der Waals surface area contributed by atoms with Crippen LogP contribution in [0.15, 0.2) is 169 Å². The Morgan fingerprint density at radius 3 is 1.67 bits per heavy atom. The average Bonchev–Trinajstić information content (AvgIpc) is 1.03. The number of hydroxylamine groups is 2. The van der Waals surface area contributed by atoms with Crippen molar-refractivity contribution in [1.29, 1.82) is 0 Å². The van der Waals surface area contributed by atoms with E-state index in [4.69, 9.17) is 30.3 Å². The Kier molecular flexibility index (Phi) is 17.5. The summed E-state index contributed by atoms with van der Waals surface area (Å²) in [6.07, 6.45) is 5.91. The van der Waals surface area contributed by atoms with E-state index in [0.29, 0.717) is 73.2 Å². The minimum absolute atomic E-state index is 0.00290. The molecule has 1 saturated heterocycles. The van der Waals surface area contributed by atoms with Crippen molar-refractivity contribution in [2.45, 2.75) is 45.8 Å². The fraction of sp³-hybridized carbons (Fsp3) is 0.134. The van der Waals surface area contributed by atoms with E-state index in [1.165, 1.54) is 36.4 Å². The number of carbonyl (C=O) groups excluding carboxylic acids is 4. The smallest absolute Gasteiger partial charge is 0.363 e. The largest absolute Gasteiger partial charge is 0.478 e. The van der Waals surface area contributed by atoms with Gasteiger partial charge in [-0.15, -0.1) is 5.06 Å². The zero-order chi connectivity index (χ0) is 61.7. The third-order valence-corrected chi connectivity index (χ3v) is 14.3. The molecule has 3 amide bonds. The minimum atomic E-state index is -1.26. The molecular formula is C67H56N4O15. The number of nitrogens with one attached hydrogen (secondary N) is 1. The quantitative estimate of drug-likeness (QED) is 0.0590. The number of amides is 3. The van der Waals surface area contributed by atoms with Gasteiger partial charge < -0.3 is 45.8 Å². The Balaban J connectivity index is 0.000000176. The highest BCUT2D eigenvalue weighted by Crippen LogP contribution is 2.45. The zero-order valence-corrected chi connectivity index (χ0v) is 46.9. The van der Waals surface area contributed by atoms with E-state index in [2.05, 4.69) is 11.9 Å². The monoisotopic (exact) mass is 1160 g/mol. The van der Waals surface area contributed by atoms with Gasteiger partial charge in [-0.25, -0.2) is 24.0 Å². The molecule has 434 valence electrons. The fourth-order valence-electron chi connectivity index (χ4n) is 9.77. The van der Waals surface area contributed by atoms with Gasteiger partial charge in [-0.2, -0.15) is 0 Å². The first-order valence-corrected chi connectivity index (χ1v) is 26.8. The number of benzene rings is 7. The van der Waals surface area contributed by atoms with Gasteiger partial charge >= 0.3 is 29.8 Å². The topological polar surface area (TPSA) is 290 Å². The van der Waals surface area contributed by atoms with Gasteiger partial charge in [0.15, 0.2) is 0 Å². The van der Waals surface area contributed by atoms with Crippen LogP contribution in [0.4, 0.5) is 0 Å². The number of aromatic carboxylic acids is 4. The van der Waals surface area contributed by atoms with Crippen LogP contribution < -0.4 is 31.0 Å². The van der Waals surface area contributed by atoms with E-state index in [0.717, 1.165) is 38.6 Å². The molecule has 1 aliphatic carbocycles. The number of aryl methyl sites for hydroxylation is 2. The van der Waals surface area contributed by atoms with Gasteiger partial charge in [0.1, 0.15) is 23.0 Å². The average molecular weight is 1160 g/mol. The highest BCUT2D eigenvalue weighted by atomic mass is 16.7. The highest BCUT2D eigenvalue weighted by Gasteiger charge is 2.35. The number of hydrogen-bond acceptors (Lipinski definition) is 13. The van der Waals surface area contributed by atoms with Crippen LogP contribution in [-0.2, 0) is 27.5 Å². The van der Waals surface area contributed by atoms with Crippen molar-refractivity contribution in [3.8, 4) is 17.2 Å². The number of carbonyl (C=O) groups is 8. The molecule has 3 heterocycles. The lowest BCUT2D eigenvalue weighted by molar-refractivity contribution is -0.172. The summed E-state index contributed by atoms with van der Waals surface area (Å²) in [5, 5.41) is 42.4. The van der Waals surface area contributed by atoms with E-state index in [1.807, 2.05) is 93.5 Å². The molecule has 86 heavy (non-hydrogen) atoms. The predicted molar refractivity (Wildman–Crippen MR) is 316 cm³/mol. The second-order valence-corrected chi connectivity index (χ2v) is 20.5. The van der Waals surface area contributed by atoms with Gasteiger partial charge in [-0.3, -0.25) is 19.3 Å². The van der Waals surface area contributed by atoms with Crippen molar-refractivity contribution in [3.05, 3.63) is 257 Å². The molecule has 7 N–H and O–H groups in total. The number of likely N-dealkylation sites (N-methyl/N-ethyl adjacent to an activating group) is 1. The first-order chi connectivity index (χ1) is 41.1. The molecule has 0 radical (unpaired) electrons. The van der Waals surface area contributed by atoms with Gasteiger partial charge in [-0.1, -0.05) is 91.5 Å². The zero-order valence-electron chi connectivity index (χ0n) is 46.9. The first kappa shape index (κ1) is 59.6. The van der Waals surface area contributed by atoms with Crippen molar-refractivity contribution < 1.29 is 73.1 Å². The second kappa shape index (κ2) is 25.2. The summed E-state index contributed by atoms with van der Waals surface area (Å²) >= 11 is 0. The lowest BCUT2D eigenvalue weighted by atomic mass is 9.84. The predicted octanol–water partition coefficient (Wildman–Crippen LogP) is 8.42. The van der Waals surface area contributed by atoms with E-state index in [-0.39, 0.29) is 53.2 Å². The molecule has 11 rings (SSSR count). The SMILES string of the molecule is C=c1ccc2c(c1)Oc1cc(C)ccc1C=2c1ccc(C(=O)ON2C(=O)CCC2=O)cc1C(=O)O.Cc1ccc2c(c1)OC1=CC(N(C)C)C=CC1=C2c1ccc(C(=O)NCc2ccc(C(=O)O)cc2)cc1C(=O)O.NCc1ccc(C(=O)O)cc1. The van der Waals surface area contributed by atoms with E-state index < -0.39 is 47.6 Å². The molecule has 19 nitrogen and oxygen atoms in total. The number of imide groups is 1. The number of allylic oxidation sites excluding steroid dienone is 1. The summed E-state index contributed by atoms with van der Waals surface area (Å²) in [6, 6.07) is 38.3. The molecule has 7 aromatic carbocycles. The highest BCUT2D eigenvalue weighted by molar-refractivity contribution is 6.06.